The Balaban J connectivity index is 1.16. The SMILES string of the molecule is O=C(NC[C@@H](NC(=O)c1ccc2nc(NC(=O)c3cccnc3-c3ccc(C(F)(F)F)cc3)ccc2c1)c1ccccc1)c1ccccc1. The molecule has 0 saturated carbocycles. The molecule has 8 nitrogen and oxygen atoms in total. The van der Waals surface area contributed by atoms with Gasteiger partial charge in [-0.2, -0.15) is 13.2 Å². The lowest BCUT2D eigenvalue weighted by atomic mass is 10.0. The van der Waals surface area contributed by atoms with Gasteiger partial charge in [0.15, 0.2) is 0 Å². The van der Waals surface area contributed by atoms with E-state index < -0.39 is 23.7 Å². The standard InChI is InChI=1S/C38H28F3N5O3/c39-38(40,41)29-17-13-25(14-18-29)34-30(12-7-21-42-34)37(49)46-33-20-16-27-22-28(15-19-31(27)44-33)36(48)45-32(24-8-3-1-4-9-24)23-43-35(47)26-10-5-2-6-11-26/h1-22,32H,23H2,(H,43,47)(H,45,48)(H,44,46,49)/t32-/m1/s1. The van der Waals surface area contributed by atoms with Gasteiger partial charge in [-0.1, -0.05) is 60.7 Å². The van der Waals surface area contributed by atoms with Gasteiger partial charge >= 0.3 is 6.18 Å². The third-order valence-electron chi connectivity index (χ3n) is 7.74. The van der Waals surface area contributed by atoms with Crippen LogP contribution >= 0.6 is 0 Å². The fraction of sp³-hybridized carbons (Fsp3) is 0.0789. The predicted molar refractivity (Wildman–Crippen MR) is 180 cm³/mol. The van der Waals surface area contributed by atoms with Gasteiger partial charge in [-0.25, -0.2) is 4.98 Å². The Kier molecular flexibility index (Phi) is 9.43. The van der Waals surface area contributed by atoms with Crippen LogP contribution in [-0.4, -0.2) is 34.2 Å². The molecule has 0 spiro atoms. The number of hydrogen-bond donors (Lipinski definition) is 3. The number of amides is 3. The van der Waals surface area contributed by atoms with E-state index in [2.05, 4.69) is 25.9 Å². The number of carbonyl (C=O) groups is 3. The molecule has 0 unspecified atom stereocenters. The van der Waals surface area contributed by atoms with E-state index in [4.69, 9.17) is 0 Å². The molecule has 0 aliphatic carbocycles. The van der Waals surface area contributed by atoms with Crippen molar-refractivity contribution in [2.45, 2.75) is 12.2 Å². The molecule has 6 aromatic rings. The van der Waals surface area contributed by atoms with Gasteiger partial charge < -0.3 is 16.0 Å². The maximum atomic E-state index is 13.4. The van der Waals surface area contributed by atoms with Gasteiger partial charge in [-0.15, -0.1) is 0 Å². The van der Waals surface area contributed by atoms with Crippen LogP contribution in [0.2, 0.25) is 0 Å². The van der Waals surface area contributed by atoms with Crippen molar-refractivity contribution in [1.82, 2.24) is 20.6 Å². The van der Waals surface area contributed by atoms with E-state index in [0.29, 0.717) is 27.6 Å². The monoisotopic (exact) mass is 659 g/mol. The van der Waals surface area contributed by atoms with Crippen molar-refractivity contribution in [3.8, 4) is 11.3 Å². The average molecular weight is 660 g/mol. The molecule has 6 rings (SSSR count). The van der Waals surface area contributed by atoms with E-state index in [1.54, 1.807) is 60.7 Å². The number of anilines is 1. The minimum absolute atomic E-state index is 0.157. The number of carbonyl (C=O) groups excluding carboxylic acids is 3. The molecule has 4 aromatic carbocycles. The average Bonchev–Trinajstić information content (AvgIpc) is 3.13. The van der Waals surface area contributed by atoms with Crippen LogP contribution < -0.4 is 16.0 Å². The maximum absolute atomic E-state index is 13.4. The number of aromatic nitrogens is 2. The van der Waals surface area contributed by atoms with Crippen LogP contribution in [0.4, 0.5) is 19.0 Å². The highest BCUT2D eigenvalue weighted by Gasteiger charge is 2.30. The van der Waals surface area contributed by atoms with Gasteiger partial charge in [0, 0.05) is 34.8 Å². The van der Waals surface area contributed by atoms with E-state index in [0.717, 1.165) is 17.7 Å². The van der Waals surface area contributed by atoms with E-state index in [1.807, 2.05) is 36.4 Å². The number of fused-ring (bicyclic) bond motifs is 1. The summed E-state index contributed by atoms with van der Waals surface area (Å²) in [5.41, 5.74) is 2.14. The van der Waals surface area contributed by atoms with E-state index >= 15 is 0 Å². The molecular weight excluding hydrogens is 631 g/mol. The minimum Gasteiger partial charge on any atom is -0.350 e. The second-order valence-corrected chi connectivity index (χ2v) is 11.0. The molecule has 2 heterocycles. The zero-order valence-electron chi connectivity index (χ0n) is 25.7. The summed E-state index contributed by atoms with van der Waals surface area (Å²) in [5, 5.41) is 9.28. The molecule has 2 aromatic heterocycles. The van der Waals surface area contributed by atoms with Gasteiger partial charge in [0.25, 0.3) is 17.7 Å². The lowest BCUT2D eigenvalue weighted by Crippen LogP contribution is -2.38. The third kappa shape index (κ3) is 7.79. The van der Waals surface area contributed by atoms with Crippen molar-refractivity contribution in [3.63, 3.8) is 0 Å². The van der Waals surface area contributed by atoms with Crippen molar-refractivity contribution in [2.75, 3.05) is 11.9 Å². The third-order valence-corrected chi connectivity index (χ3v) is 7.74. The highest BCUT2D eigenvalue weighted by molar-refractivity contribution is 6.08. The first-order valence-corrected chi connectivity index (χ1v) is 15.2. The Morgan fingerprint density at radius 2 is 1.41 bits per heavy atom. The highest BCUT2D eigenvalue weighted by atomic mass is 19.4. The van der Waals surface area contributed by atoms with Crippen LogP contribution in [0.5, 0.6) is 0 Å². The van der Waals surface area contributed by atoms with Crippen molar-refractivity contribution >= 4 is 34.4 Å². The molecule has 244 valence electrons. The molecule has 0 fully saturated rings. The molecule has 1 atom stereocenters. The second kappa shape index (κ2) is 14.2. The minimum atomic E-state index is -4.48. The molecule has 49 heavy (non-hydrogen) atoms. The zero-order chi connectivity index (χ0) is 34.4. The van der Waals surface area contributed by atoms with Crippen LogP contribution in [0.3, 0.4) is 0 Å². The van der Waals surface area contributed by atoms with Crippen molar-refractivity contribution < 1.29 is 27.6 Å². The molecule has 3 N–H and O–H groups in total. The van der Waals surface area contributed by atoms with Crippen LogP contribution in [-0.2, 0) is 6.18 Å². The summed E-state index contributed by atoms with van der Waals surface area (Å²) in [6.07, 6.45) is -3.03. The van der Waals surface area contributed by atoms with Gasteiger partial charge in [-0.3, -0.25) is 19.4 Å². The Morgan fingerprint density at radius 1 is 0.694 bits per heavy atom. The van der Waals surface area contributed by atoms with Crippen LogP contribution in [0, 0.1) is 0 Å². The molecular formula is C38H28F3N5O3. The summed E-state index contributed by atoms with van der Waals surface area (Å²) >= 11 is 0. The van der Waals surface area contributed by atoms with Crippen molar-refractivity contribution in [3.05, 3.63) is 161 Å². The summed E-state index contributed by atoms with van der Waals surface area (Å²) in [6.45, 7) is 0.166. The molecule has 11 heteroatoms. The Labute approximate surface area is 279 Å². The molecule has 0 aliphatic heterocycles. The Morgan fingerprint density at radius 3 is 2.12 bits per heavy atom. The number of pyridine rings is 2. The predicted octanol–water partition coefficient (Wildman–Crippen LogP) is 7.47. The smallest absolute Gasteiger partial charge is 0.350 e. The second-order valence-electron chi connectivity index (χ2n) is 11.0. The summed E-state index contributed by atoms with van der Waals surface area (Å²) in [5.74, 6) is -0.920. The normalized spacial score (nSPS) is 11.8. The first-order chi connectivity index (χ1) is 23.7. The summed E-state index contributed by atoms with van der Waals surface area (Å²) in [6, 6.07) is 33.4. The topological polar surface area (TPSA) is 113 Å². The Hall–Kier alpha value is -6.36. The van der Waals surface area contributed by atoms with Crippen LogP contribution in [0.1, 0.15) is 48.2 Å². The number of halogens is 3. The van der Waals surface area contributed by atoms with E-state index in [9.17, 15) is 27.6 Å². The molecule has 0 radical (unpaired) electrons. The van der Waals surface area contributed by atoms with E-state index in [-0.39, 0.29) is 35.4 Å². The van der Waals surface area contributed by atoms with Crippen molar-refractivity contribution in [2.24, 2.45) is 0 Å². The first-order valence-electron chi connectivity index (χ1n) is 15.2. The lowest BCUT2D eigenvalue weighted by molar-refractivity contribution is -0.137. The van der Waals surface area contributed by atoms with Gasteiger partial charge in [-0.05, 0) is 72.3 Å². The fourth-order valence-electron chi connectivity index (χ4n) is 5.22. The molecule has 3 amide bonds. The number of nitrogens with zero attached hydrogens (tertiary/aromatic N) is 2. The Bertz CT molecular complexity index is 2120. The van der Waals surface area contributed by atoms with Gasteiger partial charge in [0.1, 0.15) is 5.82 Å². The zero-order valence-corrected chi connectivity index (χ0v) is 25.7. The van der Waals surface area contributed by atoms with Crippen LogP contribution in [0.25, 0.3) is 22.2 Å². The number of hydrogen-bond acceptors (Lipinski definition) is 5. The number of alkyl halides is 3. The van der Waals surface area contributed by atoms with Gasteiger partial charge in [0.2, 0.25) is 0 Å². The lowest BCUT2D eigenvalue weighted by Gasteiger charge is -2.20. The summed E-state index contributed by atoms with van der Waals surface area (Å²) in [7, 11) is 0. The number of nitrogens with one attached hydrogen (secondary N) is 3. The largest absolute Gasteiger partial charge is 0.416 e. The first kappa shape index (κ1) is 32.6. The maximum Gasteiger partial charge on any atom is 0.416 e. The highest BCUT2D eigenvalue weighted by Crippen LogP contribution is 2.31. The van der Waals surface area contributed by atoms with Crippen LogP contribution in [0.15, 0.2) is 134 Å². The van der Waals surface area contributed by atoms with E-state index in [1.165, 1.54) is 24.4 Å². The summed E-state index contributed by atoms with van der Waals surface area (Å²) < 4.78 is 39.1. The molecule has 0 saturated heterocycles. The molecule has 0 aliphatic rings. The van der Waals surface area contributed by atoms with Gasteiger partial charge in [0.05, 0.1) is 28.4 Å². The molecule has 0 bridgehead atoms. The van der Waals surface area contributed by atoms with Crippen molar-refractivity contribution in [1.29, 1.82) is 0 Å². The summed E-state index contributed by atoms with van der Waals surface area (Å²) in [4.78, 5) is 48.1. The quantitative estimate of drug-likeness (QED) is 0.149. The number of rotatable bonds is 9. The fourth-order valence-corrected chi connectivity index (χ4v) is 5.22. The number of benzene rings is 4.